The Hall–Kier alpha value is -2.00. The monoisotopic (exact) mass is 510 g/mol. The number of benzene rings is 2. The molecule has 0 bridgehead atoms. The molecule has 6 nitrogen and oxygen atoms in total. The molecule has 0 aliphatic carbocycles. The fourth-order valence-electron chi connectivity index (χ4n) is 2.68. The second-order valence-electron chi connectivity index (χ2n) is 6.12. The molecular formula is C19H13BrCl2N4O2S. The molecular weight excluding hydrogens is 499 g/mol. The number of anilines is 1. The molecule has 0 saturated carbocycles. The summed E-state index contributed by atoms with van der Waals surface area (Å²) in [5.74, 6) is 1.16. The van der Waals surface area contributed by atoms with Crippen LogP contribution in [0.25, 0.3) is 22.6 Å². The molecule has 2 heterocycles. The summed E-state index contributed by atoms with van der Waals surface area (Å²) in [5, 5.41) is 13.8. The van der Waals surface area contributed by atoms with Crippen LogP contribution in [-0.4, -0.2) is 26.4 Å². The molecule has 1 N–H and O–H groups in total. The molecule has 0 aliphatic heterocycles. The minimum atomic E-state index is -0.170. The average Bonchev–Trinajstić information content (AvgIpc) is 3.25. The van der Waals surface area contributed by atoms with Gasteiger partial charge in [0.05, 0.1) is 10.8 Å². The molecule has 2 aromatic carbocycles. The number of carbonyl (C=O) groups is 1. The molecule has 0 spiro atoms. The number of nitrogens with one attached hydrogen (secondary N) is 1. The maximum Gasteiger partial charge on any atom is 0.234 e. The summed E-state index contributed by atoms with van der Waals surface area (Å²) < 4.78 is 8.40. The van der Waals surface area contributed by atoms with Gasteiger partial charge in [0.25, 0.3) is 0 Å². The maximum atomic E-state index is 12.2. The van der Waals surface area contributed by atoms with Gasteiger partial charge in [-0.1, -0.05) is 35.0 Å². The van der Waals surface area contributed by atoms with Gasteiger partial charge in [0.1, 0.15) is 5.58 Å². The van der Waals surface area contributed by atoms with Crippen molar-refractivity contribution < 1.29 is 9.21 Å². The van der Waals surface area contributed by atoms with Crippen LogP contribution < -0.4 is 5.32 Å². The highest BCUT2D eigenvalue weighted by atomic mass is 79.9. The largest absolute Gasteiger partial charge is 0.453 e. The molecule has 0 saturated heterocycles. The fourth-order valence-corrected chi connectivity index (χ4v) is 4.00. The Balaban J connectivity index is 1.45. The van der Waals surface area contributed by atoms with Crippen LogP contribution in [0.5, 0.6) is 0 Å². The zero-order chi connectivity index (χ0) is 20.5. The topological polar surface area (TPSA) is 73.0 Å². The number of amides is 1. The highest BCUT2D eigenvalue weighted by molar-refractivity contribution is 9.10. The van der Waals surface area contributed by atoms with E-state index in [1.807, 2.05) is 25.2 Å². The van der Waals surface area contributed by atoms with Crippen LogP contribution in [0.4, 0.5) is 5.69 Å². The van der Waals surface area contributed by atoms with Gasteiger partial charge in [-0.2, -0.15) is 0 Å². The van der Waals surface area contributed by atoms with Gasteiger partial charge in [-0.05, 0) is 58.4 Å². The van der Waals surface area contributed by atoms with Gasteiger partial charge in [0, 0.05) is 27.6 Å². The predicted octanol–water partition coefficient (Wildman–Crippen LogP) is 6.03. The lowest BCUT2D eigenvalue weighted by atomic mass is 10.2. The molecule has 4 rings (SSSR count). The van der Waals surface area contributed by atoms with E-state index in [1.54, 1.807) is 28.8 Å². The van der Waals surface area contributed by atoms with E-state index < -0.39 is 0 Å². The van der Waals surface area contributed by atoms with Crippen LogP contribution in [0.1, 0.15) is 0 Å². The van der Waals surface area contributed by atoms with Gasteiger partial charge < -0.3 is 14.3 Å². The minimum Gasteiger partial charge on any atom is -0.453 e. The summed E-state index contributed by atoms with van der Waals surface area (Å²) in [5.41, 5.74) is 1.34. The molecule has 4 aromatic rings. The summed E-state index contributed by atoms with van der Waals surface area (Å²) in [6.07, 6.45) is 0. The molecule has 29 heavy (non-hydrogen) atoms. The van der Waals surface area contributed by atoms with Crippen molar-refractivity contribution in [1.29, 1.82) is 0 Å². The third-order valence-corrected chi connectivity index (χ3v) is 6.56. The Labute approximate surface area is 188 Å². The summed E-state index contributed by atoms with van der Waals surface area (Å²) in [6, 6.07) is 12.5. The average molecular weight is 512 g/mol. The predicted molar refractivity (Wildman–Crippen MR) is 120 cm³/mol. The number of furan rings is 1. The second-order valence-corrected chi connectivity index (χ2v) is 8.76. The lowest BCUT2D eigenvalue weighted by Gasteiger charge is -2.06. The lowest BCUT2D eigenvalue weighted by molar-refractivity contribution is -0.113. The van der Waals surface area contributed by atoms with Crippen molar-refractivity contribution in [3.8, 4) is 11.6 Å². The van der Waals surface area contributed by atoms with E-state index in [-0.39, 0.29) is 11.7 Å². The van der Waals surface area contributed by atoms with E-state index in [0.29, 0.717) is 38.1 Å². The van der Waals surface area contributed by atoms with Gasteiger partial charge in [-0.25, -0.2) is 0 Å². The highest BCUT2D eigenvalue weighted by Crippen LogP contribution is 2.30. The van der Waals surface area contributed by atoms with Crippen LogP contribution >= 0.6 is 50.9 Å². The first-order chi connectivity index (χ1) is 13.9. The number of fused-ring (bicyclic) bond motifs is 1. The van der Waals surface area contributed by atoms with Crippen molar-refractivity contribution in [1.82, 2.24) is 14.8 Å². The number of hydrogen-bond donors (Lipinski definition) is 1. The fraction of sp³-hybridized carbons (Fsp3) is 0.105. The molecule has 0 fully saturated rings. The molecule has 0 radical (unpaired) electrons. The van der Waals surface area contributed by atoms with E-state index >= 15 is 0 Å². The second kappa shape index (κ2) is 8.39. The van der Waals surface area contributed by atoms with Crippen molar-refractivity contribution in [2.75, 3.05) is 11.1 Å². The van der Waals surface area contributed by atoms with Gasteiger partial charge in [0.15, 0.2) is 16.7 Å². The molecule has 2 aromatic heterocycles. The molecule has 0 atom stereocenters. The number of aromatic nitrogens is 3. The Morgan fingerprint density at radius 3 is 2.83 bits per heavy atom. The van der Waals surface area contributed by atoms with Crippen molar-refractivity contribution in [3.63, 3.8) is 0 Å². The van der Waals surface area contributed by atoms with Crippen molar-refractivity contribution >= 4 is 73.5 Å². The Morgan fingerprint density at radius 2 is 2.03 bits per heavy atom. The van der Waals surface area contributed by atoms with Crippen LogP contribution in [0.3, 0.4) is 0 Å². The number of hydrogen-bond acceptors (Lipinski definition) is 5. The lowest BCUT2D eigenvalue weighted by Crippen LogP contribution is -2.14. The van der Waals surface area contributed by atoms with E-state index in [1.165, 1.54) is 11.8 Å². The first-order valence-electron chi connectivity index (χ1n) is 8.37. The van der Waals surface area contributed by atoms with Crippen molar-refractivity contribution in [2.24, 2.45) is 7.05 Å². The Kier molecular flexibility index (Phi) is 5.87. The number of rotatable bonds is 5. The third kappa shape index (κ3) is 4.45. The molecule has 148 valence electrons. The van der Waals surface area contributed by atoms with E-state index in [9.17, 15) is 4.79 Å². The summed E-state index contributed by atoms with van der Waals surface area (Å²) in [6.45, 7) is 0. The van der Waals surface area contributed by atoms with Crippen molar-refractivity contribution in [3.05, 3.63) is 57.0 Å². The molecule has 0 unspecified atom stereocenters. The third-order valence-electron chi connectivity index (χ3n) is 4.07. The smallest absolute Gasteiger partial charge is 0.234 e. The minimum absolute atomic E-state index is 0.170. The zero-order valence-corrected chi connectivity index (χ0v) is 18.9. The number of thioether (sulfide) groups is 1. The van der Waals surface area contributed by atoms with E-state index in [2.05, 4.69) is 31.4 Å². The summed E-state index contributed by atoms with van der Waals surface area (Å²) >= 11 is 16.7. The van der Waals surface area contributed by atoms with Gasteiger partial charge in [-0.3, -0.25) is 4.79 Å². The Morgan fingerprint density at radius 1 is 1.21 bits per heavy atom. The first kappa shape index (κ1) is 20.3. The van der Waals surface area contributed by atoms with Crippen LogP contribution in [-0.2, 0) is 11.8 Å². The van der Waals surface area contributed by atoms with E-state index in [4.69, 9.17) is 27.6 Å². The van der Waals surface area contributed by atoms with Crippen molar-refractivity contribution in [2.45, 2.75) is 5.16 Å². The number of carbonyl (C=O) groups excluding carboxylic acids is 1. The number of nitrogens with zero attached hydrogens (tertiary/aromatic N) is 3. The highest BCUT2D eigenvalue weighted by Gasteiger charge is 2.16. The number of halogens is 3. The normalized spacial score (nSPS) is 11.2. The van der Waals surface area contributed by atoms with Crippen LogP contribution in [0.2, 0.25) is 10.0 Å². The van der Waals surface area contributed by atoms with Gasteiger partial charge in [-0.15, -0.1) is 10.2 Å². The molecule has 0 aliphatic rings. The molecule has 1 amide bonds. The standard InChI is InChI=1S/C19H13BrCl2N4O2S/c1-26-18(16-7-10-6-11(21)2-5-15(10)28-16)24-25-19(26)29-9-17(27)23-12-3-4-13(20)14(22)8-12/h2-8H,9H2,1H3,(H,23,27). The van der Waals surface area contributed by atoms with Gasteiger partial charge >= 0.3 is 0 Å². The summed E-state index contributed by atoms with van der Waals surface area (Å²) in [4.78, 5) is 12.2. The Bertz CT molecular complexity index is 1220. The van der Waals surface area contributed by atoms with E-state index in [0.717, 1.165) is 9.86 Å². The summed E-state index contributed by atoms with van der Waals surface area (Å²) in [7, 11) is 1.82. The quantitative estimate of drug-likeness (QED) is 0.331. The van der Waals surface area contributed by atoms with Gasteiger partial charge in [0.2, 0.25) is 5.91 Å². The maximum absolute atomic E-state index is 12.2. The zero-order valence-electron chi connectivity index (χ0n) is 14.9. The molecule has 10 heteroatoms. The SMILES string of the molecule is Cn1c(SCC(=O)Nc2ccc(Br)c(Cl)c2)nnc1-c1cc2cc(Cl)ccc2o1. The van der Waals surface area contributed by atoms with Crippen LogP contribution in [0, 0.1) is 0 Å². The van der Waals surface area contributed by atoms with Crippen LogP contribution in [0.15, 0.2) is 56.5 Å². The first-order valence-corrected chi connectivity index (χ1v) is 10.9.